The summed E-state index contributed by atoms with van der Waals surface area (Å²) in [6, 6.07) is 4.89. The molecular formula is C11H16N2O3. The summed E-state index contributed by atoms with van der Waals surface area (Å²) in [5.41, 5.74) is 0.787. The largest absolute Gasteiger partial charge is 0.481 e. The molecule has 0 aliphatic carbocycles. The van der Waals surface area contributed by atoms with Gasteiger partial charge in [-0.05, 0) is 20.0 Å². The van der Waals surface area contributed by atoms with E-state index in [2.05, 4.69) is 4.98 Å². The molecule has 5 nitrogen and oxygen atoms in total. The molecule has 0 saturated heterocycles. The maximum Gasteiger partial charge on any atom is 0.320 e. The van der Waals surface area contributed by atoms with Crippen LogP contribution in [-0.2, 0) is 11.3 Å². The van der Waals surface area contributed by atoms with Crippen molar-refractivity contribution in [1.82, 2.24) is 9.88 Å². The van der Waals surface area contributed by atoms with Crippen LogP contribution in [0.5, 0.6) is 5.88 Å². The molecule has 1 unspecified atom stereocenters. The van der Waals surface area contributed by atoms with E-state index >= 15 is 0 Å². The third-order valence-electron chi connectivity index (χ3n) is 2.42. The molecule has 1 N–H and O–H groups in total. The lowest BCUT2D eigenvalue weighted by atomic mass is 10.2. The van der Waals surface area contributed by atoms with E-state index in [9.17, 15) is 4.79 Å². The Morgan fingerprint density at radius 3 is 2.88 bits per heavy atom. The van der Waals surface area contributed by atoms with Gasteiger partial charge in [-0.3, -0.25) is 9.69 Å². The van der Waals surface area contributed by atoms with Gasteiger partial charge in [0.25, 0.3) is 0 Å². The minimum Gasteiger partial charge on any atom is -0.481 e. The molecule has 0 aliphatic heterocycles. The van der Waals surface area contributed by atoms with Crippen molar-refractivity contribution in [3.8, 4) is 5.88 Å². The first-order valence-electron chi connectivity index (χ1n) is 4.97. The van der Waals surface area contributed by atoms with Crippen LogP contribution < -0.4 is 4.74 Å². The summed E-state index contributed by atoms with van der Waals surface area (Å²) in [7, 11) is 3.30. The Hall–Kier alpha value is -1.62. The number of carboxylic acid groups (broad SMARTS) is 1. The number of carbonyl (C=O) groups is 1. The first kappa shape index (κ1) is 12.4. The van der Waals surface area contributed by atoms with Gasteiger partial charge in [-0.15, -0.1) is 0 Å². The summed E-state index contributed by atoms with van der Waals surface area (Å²) in [6.45, 7) is 2.12. The quantitative estimate of drug-likeness (QED) is 0.808. The third kappa shape index (κ3) is 3.20. The monoisotopic (exact) mass is 224 g/mol. The number of aliphatic carboxylic acids is 1. The minimum absolute atomic E-state index is 0.477. The van der Waals surface area contributed by atoms with Crippen molar-refractivity contribution in [2.45, 2.75) is 19.5 Å². The van der Waals surface area contributed by atoms with E-state index in [1.807, 2.05) is 12.1 Å². The van der Waals surface area contributed by atoms with Crippen molar-refractivity contribution >= 4 is 5.97 Å². The Kier molecular flexibility index (Phi) is 4.25. The molecule has 1 aromatic rings. The summed E-state index contributed by atoms with van der Waals surface area (Å²) in [4.78, 5) is 16.7. The SMILES string of the molecule is COc1cccc(CN(C)C(C)C(=O)O)n1. The molecule has 0 amide bonds. The highest BCUT2D eigenvalue weighted by Crippen LogP contribution is 2.09. The average molecular weight is 224 g/mol. The Morgan fingerprint density at radius 1 is 1.62 bits per heavy atom. The zero-order valence-electron chi connectivity index (χ0n) is 9.67. The second kappa shape index (κ2) is 5.46. The van der Waals surface area contributed by atoms with Gasteiger partial charge in [-0.2, -0.15) is 0 Å². The summed E-state index contributed by atoms with van der Waals surface area (Å²) < 4.78 is 5.00. The smallest absolute Gasteiger partial charge is 0.320 e. The van der Waals surface area contributed by atoms with Crippen LogP contribution in [0.1, 0.15) is 12.6 Å². The lowest BCUT2D eigenvalue weighted by Gasteiger charge is -2.20. The molecule has 88 valence electrons. The van der Waals surface area contributed by atoms with Crippen LogP contribution in [0.2, 0.25) is 0 Å². The number of nitrogens with zero attached hydrogens (tertiary/aromatic N) is 2. The number of hydrogen-bond acceptors (Lipinski definition) is 4. The van der Waals surface area contributed by atoms with Gasteiger partial charge >= 0.3 is 5.97 Å². The van der Waals surface area contributed by atoms with Crippen molar-refractivity contribution in [2.75, 3.05) is 14.2 Å². The minimum atomic E-state index is -0.842. The maximum atomic E-state index is 10.8. The van der Waals surface area contributed by atoms with E-state index < -0.39 is 12.0 Å². The van der Waals surface area contributed by atoms with Crippen LogP contribution in [0.15, 0.2) is 18.2 Å². The van der Waals surface area contributed by atoms with Crippen molar-refractivity contribution in [1.29, 1.82) is 0 Å². The molecule has 0 bridgehead atoms. The molecule has 0 spiro atoms. The van der Waals surface area contributed by atoms with Crippen LogP contribution in [0, 0.1) is 0 Å². The topological polar surface area (TPSA) is 62.7 Å². The Labute approximate surface area is 94.7 Å². The number of pyridine rings is 1. The van der Waals surface area contributed by atoms with E-state index in [0.29, 0.717) is 12.4 Å². The maximum absolute atomic E-state index is 10.8. The zero-order valence-corrected chi connectivity index (χ0v) is 9.67. The van der Waals surface area contributed by atoms with Crippen molar-refractivity contribution < 1.29 is 14.6 Å². The summed E-state index contributed by atoms with van der Waals surface area (Å²) in [5.74, 6) is -0.306. The summed E-state index contributed by atoms with van der Waals surface area (Å²) in [5, 5.41) is 8.84. The van der Waals surface area contributed by atoms with E-state index in [1.54, 1.807) is 32.0 Å². The number of aromatic nitrogens is 1. The predicted octanol–water partition coefficient (Wildman–Crippen LogP) is 0.995. The van der Waals surface area contributed by atoms with Gasteiger partial charge in [-0.1, -0.05) is 6.07 Å². The van der Waals surface area contributed by atoms with Gasteiger partial charge in [0, 0.05) is 12.6 Å². The van der Waals surface area contributed by atoms with Gasteiger partial charge in [-0.25, -0.2) is 4.98 Å². The van der Waals surface area contributed by atoms with Crippen molar-refractivity contribution in [3.05, 3.63) is 23.9 Å². The fourth-order valence-electron chi connectivity index (χ4n) is 1.24. The second-order valence-corrected chi connectivity index (χ2v) is 3.60. The van der Waals surface area contributed by atoms with Crippen molar-refractivity contribution in [2.24, 2.45) is 0 Å². The fraction of sp³-hybridized carbons (Fsp3) is 0.455. The normalized spacial score (nSPS) is 12.5. The van der Waals surface area contributed by atoms with E-state index in [1.165, 1.54) is 0 Å². The van der Waals surface area contributed by atoms with E-state index in [0.717, 1.165) is 5.69 Å². The van der Waals surface area contributed by atoms with Gasteiger partial charge in [0.05, 0.1) is 12.8 Å². The highest BCUT2D eigenvalue weighted by Gasteiger charge is 2.17. The molecule has 0 saturated carbocycles. The molecule has 1 aromatic heterocycles. The summed E-state index contributed by atoms with van der Waals surface area (Å²) in [6.07, 6.45) is 0. The molecule has 0 aliphatic rings. The van der Waals surface area contributed by atoms with Crippen LogP contribution in [0.3, 0.4) is 0 Å². The number of ether oxygens (including phenoxy) is 1. The van der Waals surface area contributed by atoms with Crippen LogP contribution in [0.25, 0.3) is 0 Å². The Morgan fingerprint density at radius 2 is 2.31 bits per heavy atom. The van der Waals surface area contributed by atoms with Crippen LogP contribution >= 0.6 is 0 Å². The third-order valence-corrected chi connectivity index (χ3v) is 2.42. The molecular weight excluding hydrogens is 208 g/mol. The predicted molar refractivity (Wildman–Crippen MR) is 59.4 cm³/mol. The number of methoxy groups -OCH3 is 1. The molecule has 1 rings (SSSR count). The second-order valence-electron chi connectivity index (χ2n) is 3.60. The van der Waals surface area contributed by atoms with Crippen LogP contribution in [0.4, 0.5) is 0 Å². The Bertz CT molecular complexity index is 368. The molecule has 0 radical (unpaired) electrons. The molecule has 1 atom stereocenters. The molecule has 1 heterocycles. The fourth-order valence-corrected chi connectivity index (χ4v) is 1.24. The molecule has 0 aromatic carbocycles. The number of likely N-dealkylation sites (N-methyl/N-ethyl adjacent to an activating group) is 1. The lowest BCUT2D eigenvalue weighted by molar-refractivity contribution is -0.142. The van der Waals surface area contributed by atoms with E-state index in [-0.39, 0.29) is 0 Å². The van der Waals surface area contributed by atoms with Crippen molar-refractivity contribution in [3.63, 3.8) is 0 Å². The standard InChI is InChI=1S/C11H16N2O3/c1-8(11(14)15)13(2)7-9-5-4-6-10(12-9)16-3/h4-6,8H,7H2,1-3H3,(H,14,15). The highest BCUT2D eigenvalue weighted by molar-refractivity contribution is 5.72. The number of carboxylic acids is 1. The number of hydrogen-bond donors (Lipinski definition) is 1. The van der Waals surface area contributed by atoms with E-state index in [4.69, 9.17) is 9.84 Å². The molecule has 5 heteroatoms. The lowest BCUT2D eigenvalue weighted by Crippen LogP contribution is -2.35. The van der Waals surface area contributed by atoms with Gasteiger partial charge in [0.1, 0.15) is 6.04 Å². The zero-order chi connectivity index (χ0) is 12.1. The first-order valence-corrected chi connectivity index (χ1v) is 4.97. The van der Waals surface area contributed by atoms with Gasteiger partial charge in [0.2, 0.25) is 5.88 Å². The van der Waals surface area contributed by atoms with Crippen LogP contribution in [-0.4, -0.2) is 41.2 Å². The molecule has 0 fully saturated rings. The Balaban J connectivity index is 2.68. The first-order chi connectivity index (χ1) is 7.54. The molecule has 16 heavy (non-hydrogen) atoms. The summed E-state index contributed by atoms with van der Waals surface area (Å²) >= 11 is 0. The van der Waals surface area contributed by atoms with Gasteiger partial charge in [0.15, 0.2) is 0 Å². The van der Waals surface area contributed by atoms with Gasteiger partial charge < -0.3 is 9.84 Å². The number of rotatable bonds is 5. The highest BCUT2D eigenvalue weighted by atomic mass is 16.5. The average Bonchev–Trinajstić information content (AvgIpc) is 2.28.